The van der Waals surface area contributed by atoms with Gasteiger partial charge in [-0.05, 0) is 24.7 Å². The maximum absolute atomic E-state index is 13.3. The average Bonchev–Trinajstić information content (AvgIpc) is 2.88. The zero-order valence-electron chi connectivity index (χ0n) is 10.5. The van der Waals surface area contributed by atoms with Crippen molar-refractivity contribution in [3.05, 3.63) is 51.7 Å². The van der Waals surface area contributed by atoms with E-state index in [1.807, 2.05) is 0 Å². The molecule has 0 spiro atoms. The number of alkyl halides is 3. The van der Waals surface area contributed by atoms with Crippen molar-refractivity contribution in [3.63, 3.8) is 0 Å². The fourth-order valence-corrected chi connectivity index (χ4v) is 2.56. The van der Waals surface area contributed by atoms with Crippen LogP contribution < -0.4 is 5.32 Å². The molecule has 1 aromatic heterocycles. The van der Waals surface area contributed by atoms with Crippen molar-refractivity contribution >= 4 is 11.3 Å². The number of aromatic nitrogens is 1. The van der Waals surface area contributed by atoms with Crippen molar-refractivity contribution in [2.24, 2.45) is 0 Å². The van der Waals surface area contributed by atoms with Gasteiger partial charge in [0.15, 0.2) is 0 Å². The third-order valence-corrected chi connectivity index (χ3v) is 3.71. The normalized spacial score (nSPS) is 13.4. The maximum Gasteiger partial charge on any atom is 0.419 e. The highest BCUT2D eigenvalue weighted by Gasteiger charge is 2.34. The number of rotatable bonds is 4. The number of hydrogen-bond donors (Lipinski definition) is 1. The molecule has 1 N–H and O–H groups in total. The molecule has 1 heterocycles. The zero-order valence-corrected chi connectivity index (χ0v) is 11.4. The van der Waals surface area contributed by atoms with Crippen molar-refractivity contribution < 1.29 is 17.6 Å². The first-order valence-electron chi connectivity index (χ1n) is 5.84. The van der Waals surface area contributed by atoms with Crippen LogP contribution in [0.4, 0.5) is 17.6 Å². The van der Waals surface area contributed by atoms with Gasteiger partial charge < -0.3 is 5.32 Å². The second-order valence-electron chi connectivity index (χ2n) is 4.21. The molecule has 0 saturated carbocycles. The molecule has 0 amide bonds. The topological polar surface area (TPSA) is 24.9 Å². The summed E-state index contributed by atoms with van der Waals surface area (Å²) in [4.78, 5) is 4.10. The summed E-state index contributed by atoms with van der Waals surface area (Å²) in [7, 11) is 1.65. The van der Waals surface area contributed by atoms with Crippen LogP contribution in [-0.2, 0) is 12.6 Å². The predicted octanol–water partition coefficient (Wildman–Crippen LogP) is 3.80. The van der Waals surface area contributed by atoms with Gasteiger partial charge >= 0.3 is 6.18 Å². The molecule has 2 nitrogen and oxygen atoms in total. The van der Waals surface area contributed by atoms with Crippen LogP contribution in [0.1, 0.15) is 22.2 Å². The van der Waals surface area contributed by atoms with E-state index in [0.717, 1.165) is 17.1 Å². The molecule has 0 aliphatic carbocycles. The Hall–Kier alpha value is -1.47. The number of benzene rings is 1. The largest absolute Gasteiger partial charge is 0.419 e. The van der Waals surface area contributed by atoms with E-state index in [4.69, 9.17) is 0 Å². The molecule has 7 heteroatoms. The van der Waals surface area contributed by atoms with E-state index in [1.165, 1.54) is 17.4 Å². The third kappa shape index (κ3) is 3.34. The van der Waals surface area contributed by atoms with Gasteiger partial charge in [-0.15, -0.1) is 11.3 Å². The van der Waals surface area contributed by atoms with E-state index in [0.29, 0.717) is 12.0 Å². The molecule has 20 heavy (non-hydrogen) atoms. The van der Waals surface area contributed by atoms with E-state index in [9.17, 15) is 17.6 Å². The lowest BCUT2D eigenvalue weighted by Crippen LogP contribution is -2.20. The molecule has 1 unspecified atom stereocenters. The first-order chi connectivity index (χ1) is 9.41. The van der Waals surface area contributed by atoms with Gasteiger partial charge in [0.05, 0.1) is 10.6 Å². The first kappa shape index (κ1) is 14.9. The van der Waals surface area contributed by atoms with Crippen molar-refractivity contribution in [1.82, 2.24) is 10.3 Å². The minimum absolute atomic E-state index is 0.345. The highest BCUT2D eigenvalue weighted by atomic mass is 32.1. The summed E-state index contributed by atoms with van der Waals surface area (Å²) in [6, 6.07) is 2.72. The van der Waals surface area contributed by atoms with E-state index in [1.54, 1.807) is 18.6 Å². The van der Waals surface area contributed by atoms with Gasteiger partial charge in [-0.25, -0.2) is 9.37 Å². The lowest BCUT2D eigenvalue weighted by Gasteiger charge is -2.17. The zero-order chi connectivity index (χ0) is 14.8. The summed E-state index contributed by atoms with van der Waals surface area (Å²) in [5.41, 5.74) is -0.856. The van der Waals surface area contributed by atoms with Gasteiger partial charge in [-0.1, -0.05) is 6.07 Å². The smallest absolute Gasteiger partial charge is 0.313 e. The summed E-state index contributed by atoms with van der Waals surface area (Å²) >= 11 is 1.43. The van der Waals surface area contributed by atoms with Crippen LogP contribution in [0, 0.1) is 5.82 Å². The number of hydrogen-bond acceptors (Lipinski definition) is 3. The van der Waals surface area contributed by atoms with Crippen LogP contribution in [0.5, 0.6) is 0 Å². The molecule has 0 aliphatic rings. The second-order valence-corrected chi connectivity index (χ2v) is 5.19. The second kappa shape index (κ2) is 5.88. The number of nitrogens with one attached hydrogen (secondary N) is 1. The van der Waals surface area contributed by atoms with E-state index < -0.39 is 17.6 Å². The predicted molar refractivity (Wildman–Crippen MR) is 69.0 cm³/mol. The van der Waals surface area contributed by atoms with Crippen LogP contribution in [0.15, 0.2) is 29.8 Å². The maximum atomic E-state index is 13.3. The van der Waals surface area contributed by atoms with Crippen molar-refractivity contribution in [1.29, 1.82) is 0 Å². The first-order valence-corrected chi connectivity index (χ1v) is 6.72. The van der Waals surface area contributed by atoms with Crippen molar-refractivity contribution in [2.75, 3.05) is 7.05 Å². The number of nitrogens with zero attached hydrogens (tertiary/aromatic N) is 1. The third-order valence-electron chi connectivity index (χ3n) is 2.91. The quantitative estimate of drug-likeness (QED) is 0.869. The minimum atomic E-state index is -4.69. The van der Waals surface area contributed by atoms with Crippen LogP contribution in [-0.4, -0.2) is 12.0 Å². The van der Waals surface area contributed by atoms with Crippen LogP contribution in [0.25, 0.3) is 0 Å². The Bertz CT molecular complexity index is 566. The van der Waals surface area contributed by atoms with Gasteiger partial charge in [0, 0.05) is 24.0 Å². The van der Waals surface area contributed by atoms with Gasteiger partial charge in [-0.2, -0.15) is 13.2 Å². The van der Waals surface area contributed by atoms with Crippen LogP contribution >= 0.6 is 11.3 Å². The monoisotopic (exact) mass is 304 g/mol. The summed E-state index contributed by atoms with van der Waals surface area (Å²) < 4.78 is 51.4. The summed E-state index contributed by atoms with van der Waals surface area (Å²) in [5, 5.41) is 5.54. The molecule has 0 fully saturated rings. The summed E-state index contributed by atoms with van der Waals surface area (Å²) in [6.07, 6.45) is -2.60. The SMILES string of the molecule is CNC(Cc1nccs1)c1ccc(F)c(C(F)(F)F)c1. The molecule has 0 bridgehead atoms. The van der Waals surface area contributed by atoms with Gasteiger partial charge in [0.1, 0.15) is 5.82 Å². The Morgan fingerprint density at radius 2 is 2.10 bits per heavy atom. The average molecular weight is 304 g/mol. The molecule has 0 saturated heterocycles. The number of thiazole rings is 1. The highest BCUT2D eigenvalue weighted by Crippen LogP contribution is 2.33. The van der Waals surface area contributed by atoms with Crippen molar-refractivity contribution in [3.8, 4) is 0 Å². The van der Waals surface area contributed by atoms with Gasteiger partial charge in [0.2, 0.25) is 0 Å². The Kier molecular flexibility index (Phi) is 4.39. The van der Waals surface area contributed by atoms with Gasteiger partial charge in [0.25, 0.3) is 0 Å². The molecule has 1 atom stereocenters. The molecular weight excluding hydrogens is 292 g/mol. The molecule has 0 aliphatic heterocycles. The summed E-state index contributed by atoms with van der Waals surface area (Å²) in [6.45, 7) is 0. The highest BCUT2D eigenvalue weighted by molar-refractivity contribution is 7.09. The molecule has 108 valence electrons. The van der Waals surface area contributed by atoms with Gasteiger partial charge in [-0.3, -0.25) is 0 Å². The molecular formula is C13H12F4N2S. The molecule has 2 aromatic rings. The fraction of sp³-hybridized carbons (Fsp3) is 0.308. The van der Waals surface area contributed by atoms with Crippen molar-refractivity contribution in [2.45, 2.75) is 18.6 Å². The Balaban J connectivity index is 2.30. The van der Waals surface area contributed by atoms with E-state index >= 15 is 0 Å². The molecule has 0 radical (unpaired) electrons. The van der Waals surface area contributed by atoms with E-state index in [-0.39, 0.29) is 6.04 Å². The Morgan fingerprint density at radius 3 is 2.65 bits per heavy atom. The fourth-order valence-electron chi connectivity index (χ4n) is 1.89. The lowest BCUT2D eigenvalue weighted by molar-refractivity contribution is -0.140. The molecule has 1 aromatic carbocycles. The minimum Gasteiger partial charge on any atom is -0.313 e. The number of likely N-dealkylation sites (N-methyl/N-ethyl adjacent to an activating group) is 1. The Labute approximate surface area is 117 Å². The summed E-state index contributed by atoms with van der Waals surface area (Å²) in [5.74, 6) is -1.26. The van der Waals surface area contributed by atoms with Crippen LogP contribution in [0.3, 0.4) is 0 Å². The standard InChI is InChI=1S/C13H12F4N2S/c1-18-11(7-12-19-4-5-20-12)8-2-3-10(14)9(6-8)13(15,16)17/h2-6,11,18H,7H2,1H3. The Morgan fingerprint density at radius 1 is 1.35 bits per heavy atom. The van der Waals surface area contributed by atoms with E-state index in [2.05, 4.69) is 10.3 Å². The lowest BCUT2D eigenvalue weighted by atomic mass is 10.0. The number of halogens is 4. The molecule has 2 rings (SSSR count). The van der Waals surface area contributed by atoms with Crippen LogP contribution in [0.2, 0.25) is 0 Å².